The molecule has 0 bridgehead atoms. The highest BCUT2D eigenvalue weighted by Crippen LogP contribution is 2.28. The summed E-state index contributed by atoms with van der Waals surface area (Å²) in [7, 11) is -3.62. The molecule has 0 heterocycles. The number of halogens is 2. The Morgan fingerprint density at radius 1 is 0.975 bits per heavy atom. The maximum atomic E-state index is 13.8. The van der Waals surface area contributed by atoms with Crippen LogP contribution in [0.15, 0.2) is 77.3 Å². The quantitative estimate of drug-likeness (QED) is 0.256. The van der Waals surface area contributed by atoms with Crippen molar-refractivity contribution >= 4 is 55.1 Å². The maximum absolute atomic E-state index is 13.8. The van der Waals surface area contributed by atoms with Gasteiger partial charge in [0.05, 0.1) is 11.9 Å². The first-order valence-electron chi connectivity index (χ1n) is 13.1. The summed E-state index contributed by atoms with van der Waals surface area (Å²) < 4.78 is 27.6. The number of carbonyl (C=O) groups excluding carboxylic acids is 2. The second-order valence-electron chi connectivity index (χ2n) is 9.57. The fourth-order valence-corrected chi connectivity index (χ4v) is 5.93. The lowest BCUT2D eigenvalue weighted by molar-refractivity contribution is -0.141. The summed E-state index contributed by atoms with van der Waals surface area (Å²) in [5.41, 5.74) is 2.95. The standard InChI is InChI=1S/C30H35BrClN3O4S/c1-4-33-30(37)28(20-23-10-6-5-7-11-23)34(21-24-15-17-25(31)18-16-24)29(36)14-9-19-35(40(3,38)39)27-13-8-12-26(32)22(27)2/h5-8,10-13,15-18,28H,4,9,14,19-21H2,1-3H3,(H,33,37)/t28-/m1/s1. The van der Waals surface area contributed by atoms with E-state index in [0.29, 0.717) is 29.2 Å². The van der Waals surface area contributed by atoms with Gasteiger partial charge in [-0.25, -0.2) is 8.42 Å². The molecule has 0 spiro atoms. The van der Waals surface area contributed by atoms with Crippen LogP contribution >= 0.6 is 27.5 Å². The predicted octanol–water partition coefficient (Wildman–Crippen LogP) is 5.73. The maximum Gasteiger partial charge on any atom is 0.243 e. The van der Waals surface area contributed by atoms with Crippen LogP contribution in [0.1, 0.15) is 36.5 Å². The van der Waals surface area contributed by atoms with Crippen LogP contribution in [-0.2, 0) is 32.6 Å². The zero-order valence-electron chi connectivity index (χ0n) is 22.9. The Labute approximate surface area is 250 Å². The predicted molar refractivity (Wildman–Crippen MR) is 165 cm³/mol. The number of sulfonamides is 1. The number of hydrogen-bond acceptors (Lipinski definition) is 4. The lowest BCUT2D eigenvalue weighted by Crippen LogP contribution is -2.50. The third-order valence-corrected chi connectivity index (χ3v) is 8.67. The van der Waals surface area contributed by atoms with Gasteiger partial charge in [-0.15, -0.1) is 0 Å². The van der Waals surface area contributed by atoms with Crippen molar-refractivity contribution in [3.05, 3.63) is 99.0 Å². The van der Waals surface area contributed by atoms with E-state index in [1.807, 2.05) is 61.5 Å². The SMILES string of the molecule is CCNC(=O)[C@@H](Cc1ccccc1)N(Cc1ccc(Br)cc1)C(=O)CCCN(c1cccc(Cl)c1C)S(C)(=O)=O. The summed E-state index contributed by atoms with van der Waals surface area (Å²) in [4.78, 5) is 28.7. The van der Waals surface area contributed by atoms with Crippen LogP contribution in [0.5, 0.6) is 0 Å². The Balaban J connectivity index is 1.87. The molecule has 3 aromatic rings. The normalized spacial score (nSPS) is 12.0. The van der Waals surface area contributed by atoms with Crippen molar-refractivity contribution < 1.29 is 18.0 Å². The zero-order valence-corrected chi connectivity index (χ0v) is 26.1. The fourth-order valence-electron chi connectivity index (χ4n) is 4.48. The number of benzene rings is 3. The molecule has 0 radical (unpaired) electrons. The molecule has 1 atom stereocenters. The Morgan fingerprint density at radius 2 is 1.65 bits per heavy atom. The highest BCUT2D eigenvalue weighted by atomic mass is 79.9. The van der Waals surface area contributed by atoms with Crippen molar-refractivity contribution in [2.45, 2.75) is 45.7 Å². The van der Waals surface area contributed by atoms with Gasteiger partial charge in [0.1, 0.15) is 6.04 Å². The first-order chi connectivity index (χ1) is 19.0. The van der Waals surface area contributed by atoms with Gasteiger partial charge >= 0.3 is 0 Å². The summed E-state index contributed by atoms with van der Waals surface area (Å²) in [5, 5.41) is 3.35. The van der Waals surface area contributed by atoms with Crippen LogP contribution in [-0.4, -0.2) is 50.5 Å². The van der Waals surface area contributed by atoms with Crippen molar-refractivity contribution in [3.8, 4) is 0 Å². The average molecular weight is 649 g/mol. The van der Waals surface area contributed by atoms with Crippen LogP contribution in [0.25, 0.3) is 0 Å². The van der Waals surface area contributed by atoms with E-state index in [-0.39, 0.29) is 37.7 Å². The van der Waals surface area contributed by atoms with E-state index in [4.69, 9.17) is 11.6 Å². The van der Waals surface area contributed by atoms with Crippen LogP contribution in [0.3, 0.4) is 0 Å². The molecular formula is C30H35BrClN3O4S. The number of carbonyl (C=O) groups is 2. The number of amides is 2. The Morgan fingerprint density at radius 3 is 2.27 bits per heavy atom. The second kappa shape index (κ2) is 14.7. The van der Waals surface area contributed by atoms with E-state index < -0.39 is 16.1 Å². The van der Waals surface area contributed by atoms with E-state index >= 15 is 0 Å². The van der Waals surface area contributed by atoms with Crippen LogP contribution in [0.4, 0.5) is 5.69 Å². The minimum atomic E-state index is -3.62. The van der Waals surface area contributed by atoms with Gasteiger partial charge in [0.25, 0.3) is 0 Å². The molecule has 0 fully saturated rings. The van der Waals surface area contributed by atoms with Gasteiger partial charge in [-0.2, -0.15) is 0 Å². The Kier molecular flexibility index (Phi) is 11.6. The summed E-state index contributed by atoms with van der Waals surface area (Å²) >= 11 is 9.70. The number of anilines is 1. The molecule has 0 aliphatic rings. The van der Waals surface area contributed by atoms with Gasteiger partial charge in [-0.3, -0.25) is 13.9 Å². The molecule has 3 rings (SSSR count). The minimum absolute atomic E-state index is 0.0624. The molecule has 40 heavy (non-hydrogen) atoms. The Hall–Kier alpha value is -2.88. The van der Waals surface area contributed by atoms with Gasteiger partial charge in [0.15, 0.2) is 0 Å². The summed E-state index contributed by atoms with van der Waals surface area (Å²) in [6.07, 6.45) is 1.82. The number of likely N-dealkylation sites (N-methyl/N-ethyl adjacent to an activating group) is 1. The first kappa shape index (κ1) is 31.6. The molecular weight excluding hydrogens is 614 g/mol. The van der Waals surface area contributed by atoms with Crippen LogP contribution in [0.2, 0.25) is 5.02 Å². The van der Waals surface area contributed by atoms with Crippen molar-refractivity contribution in [3.63, 3.8) is 0 Å². The zero-order chi connectivity index (χ0) is 29.3. The van der Waals surface area contributed by atoms with E-state index in [9.17, 15) is 18.0 Å². The highest BCUT2D eigenvalue weighted by molar-refractivity contribution is 9.10. The summed E-state index contributed by atoms with van der Waals surface area (Å²) in [5.74, 6) is -0.463. The summed E-state index contributed by atoms with van der Waals surface area (Å²) in [6, 6.07) is 21.6. The van der Waals surface area contributed by atoms with Gasteiger partial charge in [0, 0.05) is 42.0 Å². The fraction of sp³-hybridized carbons (Fsp3) is 0.333. The number of rotatable bonds is 13. The lowest BCUT2D eigenvalue weighted by Gasteiger charge is -2.32. The third-order valence-electron chi connectivity index (χ3n) is 6.55. The first-order valence-corrected chi connectivity index (χ1v) is 16.1. The van der Waals surface area contributed by atoms with Gasteiger partial charge in [-0.05, 0) is 61.2 Å². The summed E-state index contributed by atoms with van der Waals surface area (Å²) in [6.45, 7) is 4.39. The molecule has 214 valence electrons. The molecule has 10 heteroatoms. The molecule has 0 aliphatic carbocycles. The number of nitrogens with zero attached hydrogens (tertiary/aromatic N) is 2. The molecule has 0 saturated heterocycles. The molecule has 0 aromatic heterocycles. The van der Waals surface area contributed by atoms with E-state index in [1.165, 1.54) is 4.31 Å². The average Bonchev–Trinajstić information content (AvgIpc) is 2.91. The van der Waals surface area contributed by atoms with Crippen LogP contribution < -0.4 is 9.62 Å². The smallest absolute Gasteiger partial charge is 0.243 e. The largest absolute Gasteiger partial charge is 0.355 e. The molecule has 2 amide bonds. The van der Waals surface area contributed by atoms with Crippen molar-refractivity contribution in [2.24, 2.45) is 0 Å². The number of hydrogen-bond donors (Lipinski definition) is 1. The molecule has 3 aromatic carbocycles. The van der Waals surface area contributed by atoms with Gasteiger partial charge < -0.3 is 10.2 Å². The lowest BCUT2D eigenvalue weighted by atomic mass is 10.0. The van der Waals surface area contributed by atoms with E-state index in [1.54, 1.807) is 30.0 Å². The highest BCUT2D eigenvalue weighted by Gasteiger charge is 2.30. The van der Waals surface area contributed by atoms with Gasteiger partial charge in [0.2, 0.25) is 21.8 Å². The van der Waals surface area contributed by atoms with Crippen molar-refractivity contribution in [1.29, 1.82) is 0 Å². The third kappa shape index (κ3) is 8.81. The van der Waals surface area contributed by atoms with E-state index in [0.717, 1.165) is 21.9 Å². The number of nitrogens with one attached hydrogen (secondary N) is 1. The van der Waals surface area contributed by atoms with Gasteiger partial charge in [-0.1, -0.05) is 76.1 Å². The molecule has 0 aliphatic heterocycles. The van der Waals surface area contributed by atoms with Crippen molar-refractivity contribution in [1.82, 2.24) is 10.2 Å². The van der Waals surface area contributed by atoms with Crippen LogP contribution in [0, 0.1) is 6.92 Å². The molecule has 0 saturated carbocycles. The van der Waals surface area contributed by atoms with Crippen molar-refractivity contribution in [2.75, 3.05) is 23.7 Å². The Bertz CT molecular complexity index is 1400. The molecule has 1 N–H and O–H groups in total. The topological polar surface area (TPSA) is 86.8 Å². The molecule has 7 nitrogen and oxygen atoms in total. The molecule has 0 unspecified atom stereocenters. The van der Waals surface area contributed by atoms with E-state index in [2.05, 4.69) is 21.2 Å². The minimum Gasteiger partial charge on any atom is -0.355 e. The second-order valence-corrected chi connectivity index (χ2v) is 12.8. The monoisotopic (exact) mass is 647 g/mol.